The van der Waals surface area contributed by atoms with Gasteiger partial charge in [-0.15, -0.1) is 0 Å². The molecule has 7 heteroatoms. The zero-order valence-electron chi connectivity index (χ0n) is 16.8. The van der Waals surface area contributed by atoms with Gasteiger partial charge in [-0.3, -0.25) is 0 Å². The number of piperidine rings is 1. The summed E-state index contributed by atoms with van der Waals surface area (Å²) >= 11 is 0. The molecule has 2 aromatic rings. The Bertz CT molecular complexity index is 766. The van der Waals surface area contributed by atoms with Crippen LogP contribution in [0.4, 0.5) is 4.79 Å². The van der Waals surface area contributed by atoms with Crippen LogP contribution in [0.1, 0.15) is 37.7 Å². The second-order valence-corrected chi connectivity index (χ2v) is 7.75. The fraction of sp³-hybridized carbons (Fsp3) is 0.545. The van der Waals surface area contributed by atoms with E-state index in [4.69, 9.17) is 9.47 Å². The van der Waals surface area contributed by atoms with Gasteiger partial charge in [-0.25, -0.2) is 9.48 Å². The van der Waals surface area contributed by atoms with Crippen molar-refractivity contribution in [3.8, 4) is 5.69 Å². The summed E-state index contributed by atoms with van der Waals surface area (Å²) in [6, 6.07) is 9.85. The van der Waals surface area contributed by atoms with Gasteiger partial charge in [-0.1, -0.05) is 18.2 Å². The minimum Gasteiger partial charge on any atom is -0.376 e. The SMILES string of the molecule is O=C(NCc1ccccc1-n1cccn1)N1CCC(OC[C@H]2CCCCO2)CC1. The second kappa shape index (κ2) is 9.89. The number of likely N-dealkylation sites (tertiary alicyclic amines) is 1. The minimum absolute atomic E-state index is 0.0191. The molecule has 2 amide bonds. The van der Waals surface area contributed by atoms with Gasteiger partial charge in [0.2, 0.25) is 0 Å². The highest BCUT2D eigenvalue weighted by Crippen LogP contribution is 2.18. The standard InChI is InChI=1S/C22H30N4O3/c27-22(23-16-18-6-1-2-8-21(18)26-12-5-11-24-26)25-13-9-19(10-14-25)29-17-20-7-3-4-15-28-20/h1-2,5-6,8,11-12,19-20H,3-4,7,9-10,13-17H2,(H,23,27)/t20-/m1/s1. The Morgan fingerprint density at radius 2 is 2.03 bits per heavy atom. The zero-order valence-corrected chi connectivity index (χ0v) is 16.8. The quantitative estimate of drug-likeness (QED) is 0.812. The van der Waals surface area contributed by atoms with Gasteiger partial charge in [0.15, 0.2) is 0 Å². The summed E-state index contributed by atoms with van der Waals surface area (Å²) in [6.45, 7) is 3.47. The zero-order chi connectivity index (χ0) is 19.9. The van der Waals surface area contributed by atoms with Crippen molar-refractivity contribution in [2.24, 2.45) is 0 Å². The largest absolute Gasteiger partial charge is 0.376 e. The van der Waals surface area contributed by atoms with E-state index >= 15 is 0 Å². The maximum atomic E-state index is 12.6. The second-order valence-electron chi connectivity index (χ2n) is 7.75. The van der Waals surface area contributed by atoms with Crippen LogP contribution in [0.15, 0.2) is 42.7 Å². The number of hydrogen-bond acceptors (Lipinski definition) is 4. The molecule has 2 fully saturated rings. The van der Waals surface area contributed by atoms with Crippen LogP contribution in [0, 0.1) is 0 Å². The van der Waals surface area contributed by atoms with Crippen LogP contribution in [0.2, 0.25) is 0 Å². The first-order valence-electron chi connectivity index (χ1n) is 10.6. The van der Waals surface area contributed by atoms with E-state index in [9.17, 15) is 4.79 Å². The topological polar surface area (TPSA) is 68.6 Å². The number of ether oxygens (including phenoxy) is 2. The molecular weight excluding hydrogens is 368 g/mol. The number of nitrogens with one attached hydrogen (secondary N) is 1. The van der Waals surface area contributed by atoms with Crippen molar-refractivity contribution in [3.05, 3.63) is 48.3 Å². The molecule has 0 aliphatic carbocycles. The molecule has 4 rings (SSSR count). The molecule has 2 aliphatic rings. The number of hydrogen-bond donors (Lipinski definition) is 1. The maximum absolute atomic E-state index is 12.6. The lowest BCUT2D eigenvalue weighted by Gasteiger charge is -2.33. The highest BCUT2D eigenvalue weighted by Gasteiger charge is 2.24. The van der Waals surface area contributed by atoms with Gasteiger partial charge in [-0.05, 0) is 49.8 Å². The third kappa shape index (κ3) is 5.36. The third-order valence-electron chi connectivity index (χ3n) is 5.69. The average Bonchev–Trinajstić information content (AvgIpc) is 3.32. The molecule has 0 unspecified atom stereocenters. The van der Waals surface area contributed by atoms with E-state index in [0.717, 1.165) is 56.6 Å². The van der Waals surface area contributed by atoms with Crippen LogP contribution in [-0.4, -0.2) is 59.2 Å². The van der Waals surface area contributed by atoms with E-state index in [1.807, 2.05) is 46.1 Å². The highest BCUT2D eigenvalue weighted by atomic mass is 16.5. The molecule has 0 radical (unpaired) electrons. The highest BCUT2D eigenvalue weighted by molar-refractivity contribution is 5.74. The summed E-state index contributed by atoms with van der Waals surface area (Å²) in [4.78, 5) is 14.5. The number of rotatable bonds is 6. The third-order valence-corrected chi connectivity index (χ3v) is 5.69. The lowest BCUT2D eigenvalue weighted by molar-refractivity contribution is -0.0728. The molecule has 1 aromatic heterocycles. The van der Waals surface area contributed by atoms with Gasteiger partial charge in [0.1, 0.15) is 0 Å². The fourth-order valence-corrected chi connectivity index (χ4v) is 3.99. The van der Waals surface area contributed by atoms with Crippen molar-refractivity contribution >= 4 is 6.03 Å². The first-order chi connectivity index (χ1) is 14.3. The lowest BCUT2D eigenvalue weighted by Crippen LogP contribution is -2.46. The van der Waals surface area contributed by atoms with Crippen molar-refractivity contribution < 1.29 is 14.3 Å². The Kier molecular flexibility index (Phi) is 6.79. The van der Waals surface area contributed by atoms with Crippen molar-refractivity contribution in [1.82, 2.24) is 20.0 Å². The lowest BCUT2D eigenvalue weighted by atomic mass is 10.1. The molecular formula is C22H30N4O3. The number of benzene rings is 1. The molecule has 1 atom stereocenters. The molecule has 2 saturated heterocycles. The summed E-state index contributed by atoms with van der Waals surface area (Å²) < 4.78 is 13.6. The van der Waals surface area contributed by atoms with Gasteiger partial charge in [-0.2, -0.15) is 5.10 Å². The van der Waals surface area contributed by atoms with Gasteiger partial charge < -0.3 is 19.7 Å². The Morgan fingerprint density at radius 1 is 1.17 bits per heavy atom. The van der Waals surface area contributed by atoms with Crippen LogP contribution in [0.25, 0.3) is 5.69 Å². The van der Waals surface area contributed by atoms with E-state index < -0.39 is 0 Å². The molecule has 0 saturated carbocycles. The van der Waals surface area contributed by atoms with Crippen LogP contribution >= 0.6 is 0 Å². The Morgan fingerprint density at radius 3 is 2.79 bits per heavy atom. The molecule has 0 spiro atoms. The van der Waals surface area contributed by atoms with Gasteiger partial charge >= 0.3 is 6.03 Å². The van der Waals surface area contributed by atoms with E-state index in [1.165, 1.54) is 6.42 Å². The maximum Gasteiger partial charge on any atom is 0.317 e. The van der Waals surface area contributed by atoms with Gasteiger partial charge in [0.25, 0.3) is 0 Å². The molecule has 1 N–H and O–H groups in total. The fourth-order valence-electron chi connectivity index (χ4n) is 3.99. The Balaban J connectivity index is 1.22. The molecule has 3 heterocycles. The summed E-state index contributed by atoms with van der Waals surface area (Å²) in [5.41, 5.74) is 2.02. The minimum atomic E-state index is -0.0191. The van der Waals surface area contributed by atoms with E-state index in [2.05, 4.69) is 10.4 Å². The van der Waals surface area contributed by atoms with Crippen molar-refractivity contribution in [2.45, 2.75) is 50.9 Å². The number of aromatic nitrogens is 2. The van der Waals surface area contributed by atoms with E-state index in [-0.39, 0.29) is 18.2 Å². The number of para-hydroxylation sites is 1. The predicted molar refractivity (Wildman–Crippen MR) is 110 cm³/mol. The monoisotopic (exact) mass is 398 g/mol. The van der Waals surface area contributed by atoms with Crippen molar-refractivity contribution in [2.75, 3.05) is 26.3 Å². The molecule has 2 aliphatic heterocycles. The number of nitrogens with zero attached hydrogens (tertiary/aromatic N) is 3. The number of carbonyl (C=O) groups excluding carboxylic acids is 1. The van der Waals surface area contributed by atoms with Crippen LogP contribution < -0.4 is 5.32 Å². The Hall–Kier alpha value is -2.38. The molecule has 7 nitrogen and oxygen atoms in total. The average molecular weight is 399 g/mol. The summed E-state index contributed by atoms with van der Waals surface area (Å²) in [5.74, 6) is 0. The van der Waals surface area contributed by atoms with Gasteiger partial charge in [0, 0.05) is 38.6 Å². The van der Waals surface area contributed by atoms with Crippen LogP contribution in [-0.2, 0) is 16.0 Å². The van der Waals surface area contributed by atoms with E-state index in [0.29, 0.717) is 13.2 Å². The molecule has 1 aromatic carbocycles. The smallest absolute Gasteiger partial charge is 0.317 e. The normalized spacial score (nSPS) is 20.6. The van der Waals surface area contributed by atoms with Gasteiger partial charge in [0.05, 0.1) is 24.5 Å². The first kappa shape index (κ1) is 19.9. The molecule has 0 bridgehead atoms. The molecule has 29 heavy (non-hydrogen) atoms. The number of amides is 2. The van der Waals surface area contributed by atoms with E-state index in [1.54, 1.807) is 6.20 Å². The predicted octanol–water partition coefficient (Wildman–Crippen LogP) is 3.13. The van der Waals surface area contributed by atoms with Crippen LogP contribution in [0.5, 0.6) is 0 Å². The van der Waals surface area contributed by atoms with Crippen LogP contribution in [0.3, 0.4) is 0 Å². The molecule has 156 valence electrons. The Labute approximate surface area is 172 Å². The number of carbonyl (C=O) groups is 1. The summed E-state index contributed by atoms with van der Waals surface area (Å²) in [7, 11) is 0. The van der Waals surface area contributed by atoms with Crippen molar-refractivity contribution in [1.29, 1.82) is 0 Å². The first-order valence-corrected chi connectivity index (χ1v) is 10.6. The summed E-state index contributed by atoms with van der Waals surface area (Å²) in [6.07, 6.45) is 9.39. The number of urea groups is 1. The van der Waals surface area contributed by atoms with Crippen molar-refractivity contribution in [3.63, 3.8) is 0 Å². The summed E-state index contributed by atoms with van der Waals surface area (Å²) in [5, 5.41) is 7.35.